The predicted octanol–water partition coefficient (Wildman–Crippen LogP) is 3.02. The van der Waals surface area contributed by atoms with Crippen LogP contribution in [0.4, 0.5) is 0 Å². The highest BCUT2D eigenvalue weighted by Crippen LogP contribution is 2.26. The smallest absolute Gasteiger partial charge is 0.191 e. The molecule has 1 aromatic heterocycles. The zero-order valence-corrected chi connectivity index (χ0v) is 15.4. The van der Waals surface area contributed by atoms with E-state index in [-0.39, 0.29) is 6.10 Å². The number of nitrogens with one attached hydrogen (secondary N) is 2. The number of para-hydroxylation sites is 2. The number of nitrogens with zero attached hydrogens (tertiary/aromatic N) is 1. The minimum atomic E-state index is -0.0984. The highest BCUT2D eigenvalue weighted by molar-refractivity contribution is 5.79. The molecule has 0 spiro atoms. The quantitative estimate of drug-likeness (QED) is 0.389. The number of benzene rings is 1. The number of furan rings is 1. The van der Waals surface area contributed by atoms with Crippen molar-refractivity contribution in [3.63, 3.8) is 0 Å². The molecular weight excluding hydrogens is 330 g/mol. The fourth-order valence-electron chi connectivity index (χ4n) is 2.29. The van der Waals surface area contributed by atoms with Gasteiger partial charge in [0.05, 0.1) is 19.9 Å². The second-order valence-corrected chi connectivity index (χ2v) is 5.69. The van der Waals surface area contributed by atoms with Gasteiger partial charge in [0.2, 0.25) is 0 Å². The third kappa shape index (κ3) is 6.55. The van der Waals surface area contributed by atoms with E-state index in [2.05, 4.69) is 22.2 Å². The molecule has 0 fully saturated rings. The van der Waals surface area contributed by atoms with Crippen LogP contribution in [0.1, 0.15) is 12.7 Å². The largest absolute Gasteiger partial charge is 0.493 e. The number of methoxy groups -OCH3 is 1. The summed E-state index contributed by atoms with van der Waals surface area (Å²) in [5, 5.41) is 6.49. The van der Waals surface area contributed by atoms with E-state index in [4.69, 9.17) is 13.9 Å². The van der Waals surface area contributed by atoms with Crippen molar-refractivity contribution in [1.29, 1.82) is 0 Å². The Morgan fingerprint density at radius 2 is 2.04 bits per heavy atom. The number of hydrogen-bond donors (Lipinski definition) is 2. The van der Waals surface area contributed by atoms with Gasteiger partial charge in [-0.25, -0.2) is 4.99 Å². The van der Waals surface area contributed by atoms with Crippen molar-refractivity contribution in [3.05, 3.63) is 61.1 Å². The summed E-state index contributed by atoms with van der Waals surface area (Å²) in [5.74, 6) is 3.08. The summed E-state index contributed by atoms with van der Waals surface area (Å²) in [5.41, 5.74) is 0. The monoisotopic (exact) mass is 357 g/mol. The van der Waals surface area contributed by atoms with E-state index >= 15 is 0 Å². The van der Waals surface area contributed by atoms with Gasteiger partial charge in [0.25, 0.3) is 0 Å². The fourth-order valence-corrected chi connectivity index (χ4v) is 2.29. The van der Waals surface area contributed by atoms with Crippen LogP contribution < -0.4 is 20.1 Å². The molecule has 2 aromatic rings. The lowest BCUT2D eigenvalue weighted by molar-refractivity contribution is 0.219. The lowest BCUT2D eigenvalue weighted by Gasteiger charge is -2.16. The maximum atomic E-state index is 5.93. The second-order valence-electron chi connectivity index (χ2n) is 5.69. The van der Waals surface area contributed by atoms with Crippen molar-refractivity contribution in [2.45, 2.75) is 19.4 Å². The van der Waals surface area contributed by atoms with Gasteiger partial charge in [-0.3, -0.25) is 0 Å². The summed E-state index contributed by atoms with van der Waals surface area (Å²) in [6.07, 6.45) is 4.16. The van der Waals surface area contributed by atoms with E-state index in [1.807, 2.05) is 43.3 Å². The molecule has 0 saturated carbocycles. The first-order chi connectivity index (χ1) is 12.7. The molecule has 0 amide bonds. The molecular formula is C20H27N3O3. The van der Waals surface area contributed by atoms with Gasteiger partial charge in [0.1, 0.15) is 11.9 Å². The summed E-state index contributed by atoms with van der Waals surface area (Å²) in [6, 6.07) is 11.4. The second kappa shape index (κ2) is 10.9. The number of ether oxygens (including phenoxy) is 2. The summed E-state index contributed by atoms with van der Waals surface area (Å²) in [7, 11) is 1.63. The van der Waals surface area contributed by atoms with Crippen LogP contribution in [-0.2, 0) is 6.42 Å². The van der Waals surface area contributed by atoms with Crippen molar-refractivity contribution < 1.29 is 13.9 Å². The van der Waals surface area contributed by atoms with Gasteiger partial charge in [-0.05, 0) is 31.2 Å². The number of hydrogen-bond acceptors (Lipinski definition) is 4. The molecule has 1 unspecified atom stereocenters. The Morgan fingerprint density at radius 3 is 2.73 bits per heavy atom. The first-order valence-electron chi connectivity index (χ1n) is 8.68. The van der Waals surface area contributed by atoms with Crippen molar-refractivity contribution in [3.8, 4) is 11.5 Å². The minimum absolute atomic E-state index is 0.0984. The average Bonchev–Trinajstić information content (AvgIpc) is 3.17. The third-order valence-electron chi connectivity index (χ3n) is 3.56. The van der Waals surface area contributed by atoms with E-state index in [1.165, 1.54) is 0 Å². The zero-order valence-electron chi connectivity index (χ0n) is 15.4. The van der Waals surface area contributed by atoms with Gasteiger partial charge in [-0.2, -0.15) is 0 Å². The number of guanidine groups is 1. The molecule has 0 aliphatic rings. The van der Waals surface area contributed by atoms with Crippen LogP contribution in [0, 0.1) is 0 Å². The standard InChI is InChI=1S/C20H27N3O3/c1-4-12-21-20(22-13-11-17-8-7-14-25-17)23-15-16(2)26-19-10-6-5-9-18(19)24-3/h4-10,14,16H,1,11-13,15H2,2-3H3,(H2,21,22,23). The molecule has 2 N–H and O–H groups in total. The van der Waals surface area contributed by atoms with Crippen LogP contribution in [0.3, 0.4) is 0 Å². The molecule has 1 atom stereocenters. The van der Waals surface area contributed by atoms with Gasteiger partial charge >= 0.3 is 0 Å². The third-order valence-corrected chi connectivity index (χ3v) is 3.56. The molecule has 6 heteroatoms. The Bertz CT molecular complexity index is 683. The van der Waals surface area contributed by atoms with Gasteiger partial charge in [0, 0.05) is 19.5 Å². The van der Waals surface area contributed by atoms with Crippen LogP contribution in [0.25, 0.3) is 0 Å². The molecule has 0 bridgehead atoms. The summed E-state index contributed by atoms with van der Waals surface area (Å²) < 4.78 is 16.6. The normalized spacial score (nSPS) is 12.3. The Hall–Kier alpha value is -2.89. The Kier molecular flexibility index (Phi) is 8.12. The minimum Gasteiger partial charge on any atom is -0.493 e. The highest BCUT2D eigenvalue weighted by Gasteiger charge is 2.08. The number of rotatable bonds is 10. The molecule has 0 aliphatic heterocycles. The molecule has 0 aliphatic carbocycles. The topological polar surface area (TPSA) is 68.0 Å². The van der Waals surface area contributed by atoms with Crippen LogP contribution >= 0.6 is 0 Å². The van der Waals surface area contributed by atoms with Crippen LogP contribution in [0.5, 0.6) is 11.5 Å². The first-order valence-corrected chi connectivity index (χ1v) is 8.68. The first kappa shape index (κ1) is 19.4. The SMILES string of the molecule is C=CCNC(=NCC(C)Oc1ccccc1OC)NCCc1ccco1. The van der Waals surface area contributed by atoms with Crippen LogP contribution in [0.15, 0.2) is 64.7 Å². The molecule has 2 rings (SSSR count). The Morgan fingerprint density at radius 1 is 1.23 bits per heavy atom. The van der Waals surface area contributed by atoms with Crippen molar-refractivity contribution in [2.24, 2.45) is 4.99 Å². The Labute approximate surface area is 154 Å². The van der Waals surface area contributed by atoms with Gasteiger partial charge in [-0.1, -0.05) is 18.2 Å². The average molecular weight is 357 g/mol. The van der Waals surface area contributed by atoms with E-state index < -0.39 is 0 Å². The van der Waals surface area contributed by atoms with E-state index in [9.17, 15) is 0 Å². The maximum Gasteiger partial charge on any atom is 0.191 e. The summed E-state index contributed by atoms with van der Waals surface area (Å²) in [4.78, 5) is 4.58. The van der Waals surface area contributed by atoms with Crippen LogP contribution in [-0.4, -0.2) is 38.8 Å². The molecule has 26 heavy (non-hydrogen) atoms. The van der Waals surface area contributed by atoms with Gasteiger partial charge < -0.3 is 24.5 Å². The van der Waals surface area contributed by atoms with E-state index in [0.717, 1.165) is 18.7 Å². The molecule has 6 nitrogen and oxygen atoms in total. The molecule has 140 valence electrons. The highest BCUT2D eigenvalue weighted by atomic mass is 16.5. The maximum absolute atomic E-state index is 5.93. The molecule has 1 aromatic carbocycles. The van der Waals surface area contributed by atoms with E-state index in [0.29, 0.717) is 30.5 Å². The Balaban J connectivity index is 1.87. The number of aliphatic imine (C=N–C) groups is 1. The van der Waals surface area contributed by atoms with Crippen molar-refractivity contribution in [1.82, 2.24) is 10.6 Å². The fraction of sp³-hybridized carbons (Fsp3) is 0.350. The lowest BCUT2D eigenvalue weighted by Crippen LogP contribution is -2.39. The molecule has 0 saturated heterocycles. The summed E-state index contributed by atoms with van der Waals surface area (Å²) in [6.45, 7) is 7.56. The lowest BCUT2D eigenvalue weighted by atomic mass is 10.3. The molecule has 1 heterocycles. The molecule has 0 radical (unpaired) electrons. The zero-order chi connectivity index (χ0) is 18.6. The van der Waals surface area contributed by atoms with Crippen LogP contribution in [0.2, 0.25) is 0 Å². The van der Waals surface area contributed by atoms with E-state index in [1.54, 1.807) is 19.4 Å². The van der Waals surface area contributed by atoms with Crippen molar-refractivity contribution >= 4 is 5.96 Å². The van der Waals surface area contributed by atoms with Gasteiger partial charge in [0.15, 0.2) is 17.5 Å². The summed E-state index contributed by atoms with van der Waals surface area (Å²) >= 11 is 0. The van der Waals surface area contributed by atoms with Gasteiger partial charge in [-0.15, -0.1) is 6.58 Å². The predicted molar refractivity (Wildman–Crippen MR) is 104 cm³/mol. The van der Waals surface area contributed by atoms with Crippen molar-refractivity contribution in [2.75, 3.05) is 26.7 Å².